The van der Waals surface area contributed by atoms with Crippen molar-refractivity contribution in [2.45, 2.75) is 89.9 Å². The summed E-state index contributed by atoms with van der Waals surface area (Å²) in [6, 6.07) is 4.85. The van der Waals surface area contributed by atoms with Crippen molar-refractivity contribution in [1.82, 2.24) is 4.90 Å². The molecule has 0 bridgehead atoms. The number of benzene rings is 1. The molecule has 0 radical (unpaired) electrons. The second-order valence-electron chi connectivity index (χ2n) is 7.99. The molecule has 7 nitrogen and oxygen atoms in total. The Morgan fingerprint density at radius 2 is 2.03 bits per heavy atom. The van der Waals surface area contributed by atoms with E-state index in [9.17, 15) is 20.0 Å². The number of rotatable bonds is 10. The van der Waals surface area contributed by atoms with Gasteiger partial charge in [-0.3, -0.25) is 14.9 Å². The van der Waals surface area contributed by atoms with Gasteiger partial charge in [-0.15, -0.1) is 0 Å². The minimum atomic E-state index is -0.952. The van der Waals surface area contributed by atoms with Crippen molar-refractivity contribution in [2.24, 2.45) is 0 Å². The van der Waals surface area contributed by atoms with Crippen LogP contribution in [0, 0.1) is 10.1 Å². The molecule has 29 heavy (non-hydrogen) atoms. The molecule has 1 aliphatic carbocycles. The van der Waals surface area contributed by atoms with Gasteiger partial charge in [0.1, 0.15) is 5.75 Å². The lowest BCUT2D eigenvalue weighted by molar-refractivity contribution is -0.386. The van der Waals surface area contributed by atoms with Crippen molar-refractivity contribution in [2.75, 3.05) is 7.05 Å². The zero-order valence-electron chi connectivity index (χ0n) is 17.8. The van der Waals surface area contributed by atoms with Gasteiger partial charge in [-0.05, 0) is 51.2 Å². The van der Waals surface area contributed by atoms with Crippen molar-refractivity contribution in [3.05, 3.63) is 33.9 Å². The number of carbonyl (C=O) groups excluding carboxylic acids is 1. The Kier molecular flexibility index (Phi) is 8.89. The number of nitro benzene ring substituents is 1. The van der Waals surface area contributed by atoms with Gasteiger partial charge in [-0.2, -0.15) is 0 Å². The Morgan fingerprint density at radius 1 is 1.34 bits per heavy atom. The number of nitro groups is 1. The minimum Gasteiger partial charge on any atom is -0.490 e. The molecule has 2 rings (SSSR count). The van der Waals surface area contributed by atoms with E-state index in [0.717, 1.165) is 32.1 Å². The maximum atomic E-state index is 12.5. The summed E-state index contributed by atoms with van der Waals surface area (Å²) in [7, 11) is 1.92. The zero-order chi connectivity index (χ0) is 21.4. The van der Waals surface area contributed by atoms with Crippen LogP contribution in [0.2, 0.25) is 0 Å². The van der Waals surface area contributed by atoms with Crippen molar-refractivity contribution in [1.29, 1.82) is 0 Å². The molecule has 1 aromatic carbocycles. The fourth-order valence-corrected chi connectivity index (χ4v) is 3.97. The van der Waals surface area contributed by atoms with Crippen LogP contribution in [0.4, 0.5) is 5.69 Å². The molecular weight excluding hydrogens is 372 g/mol. The average molecular weight is 407 g/mol. The Labute approximate surface area is 173 Å². The van der Waals surface area contributed by atoms with Crippen LogP contribution in [0.25, 0.3) is 0 Å². The van der Waals surface area contributed by atoms with E-state index in [-0.39, 0.29) is 23.3 Å². The molecule has 1 saturated carbocycles. The van der Waals surface area contributed by atoms with Gasteiger partial charge >= 0.3 is 0 Å². The first-order valence-corrected chi connectivity index (χ1v) is 10.7. The molecule has 0 aliphatic heterocycles. The van der Waals surface area contributed by atoms with E-state index in [0.29, 0.717) is 18.2 Å². The van der Waals surface area contributed by atoms with Crippen LogP contribution in [-0.2, 0) is 4.79 Å². The van der Waals surface area contributed by atoms with Crippen LogP contribution < -0.4 is 4.74 Å². The highest BCUT2D eigenvalue weighted by atomic mass is 16.6. The predicted octanol–water partition coefficient (Wildman–Crippen LogP) is 4.77. The Hall–Kier alpha value is -2.15. The highest BCUT2D eigenvalue weighted by Crippen LogP contribution is 2.30. The molecule has 0 saturated heterocycles. The van der Waals surface area contributed by atoms with Crippen molar-refractivity contribution in [3.8, 4) is 5.75 Å². The Balaban J connectivity index is 1.88. The third kappa shape index (κ3) is 6.70. The molecule has 162 valence electrons. The monoisotopic (exact) mass is 406 g/mol. The van der Waals surface area contributed by atoms with Crippen LogP contribution in [-0.4, -0.2) is 40.0 Å². The quantitative estimate of drug-likeness (QED) is 0.446. The van der Waals surface area contributed by atoms with E-state index < -0.39 is 11.0 Å². The van der Waals surface area contributed by atoms with E-state index in [4.69, 9.17) is 4.74 Å². The van der Waals surface area contributed by atoms with Gasteiger partial charge < -0.3 is 14.7 Å². The summed E-state index contributed by atoms with van der Waals surface area (Å²) in [5.74, 6) is 0.697. The molecule has 0 aromatic heterocycles. The van der Waals surface area contributed by atoms with E-state index in [1.165, 1.54) is 38.3 Å². The van der Waals surface area contributed by atoms with Crippen molar-refractivity contribution in [3.63, 3.8) is 0 Å². The van der Waals surface area contributed by atoms with Gasteiger partial charge in [0, 0.05) is 25.6 Å². The van der Waals surface area contributed by atoms with Crippen LogP contribution in [0.3, 0.4) is 0 Å². The van der Waals surface area contributed by atoms with Gasteiger partial charge in [0.25, 0.3) is 5.69 Å². The summed E-state index contributed by atoms with van der Waals surface area (Å²) >= 11 is 0. The lowest BCUT2D eigenvalue weighted by atomic mass is 9.94. The lowest BCUT2D eigenvalue weighted by Crippen LogP contribution is -2.38. The molecule has 0 spiro atoms. The standard InChI is InChI=1S/C22H34N2O5/c1-4-18(11-8-12-22(26)23(3)17-9-6-5-7-10-17)29-19-13-14-21(24(27)28)20(15-19)16(2)25/h13-18,25H,4-12H2,1-3H3. The molecule has 1 N–H and O–H groups in total. The summed E-state index contributed by atoms with van der Waals surface area (Å²) in [5.41, 5.74) is 0.128. The SMILES string of the molecule is CCC(CCCC(=O)N(C)C1CCCCC1)Oc1ccc([N+](=O)[O-])c(C(C)O)c1. The summed E-state index contributed by atoms with van der Waals surface area (Å²) in [4.78, 5) is 25.0. The molecule has 0 heterocycles. The van der Waals surface area contributed by atoms with Crippen LogP contribution in [0.5, 0.6) is 5.75 Å². The zero-order valence-corrected chi connectivity index (χ0v) is 17.8. The van der Waals surface area contributed by atoms with E-state index in [1.54, 1.807) is 6.07 Å². The van der Waals surface area contributed by atoms with Gasteiger partial charge in [-0.1, -0.05) is 26.2 Å². The van der Waals surface area contributed by atoms with Gasteiger partial charge in [0.2, 0.25) is 5.91 Å². The van der Waals surface area contributed by atoms with Gasteiger partial charge in [-0.25, -0.2) is 0 Å². The number of hydrogen-bond acceptors (Lipinski definition) is 5. The average Bonchev–Trinajstić information content (AvgIpc) is 2.72. The fraction of sp³-hybridized carbons (Fsp3) is 0.682. The second-order valence-corrected chi connectivity index (χ2v) is 7.99. The van der Waals surface area contributed by atoms with Crippen molar-refractivity contribution < 1.29 is 19.6 Å². The van der Waals surface area contributed by atoms with Crippen LogP contribution in [0.1, 0.15) is 83.3 Å². The van der Waals surface area contributed by atoms with Gasteiger partial charge in [0.05, 0.1) is 22.7 Å². The number of hydrogen-bond donors (Lipinski definition) is 1. The molecule has 2 unspecified atom stereocenters. The number of aliphatic hydroxyl groups is 1. The Morgan fingerprint density at radius 3 is 2.62 bits per heavy atom. The summed E-state index contributed by atoms with van der Waals surface area (Å²) in [6.45, 7) is 3.51. The molecule has 7 heteroatoms. The highest BCUT2D eigenvalue weighted by molar-refractivity contribution is 5.76. The third-order valence-electron chi connectivity index (χ3n) is 5.84. The first kappa shape index (κ1) is 23.1. The van der Waals surface area contributed by atoms with Crippen LogP contribution >= 0.6 is 0 Å². The molecular formula is C22H34N2O5. The number of nitrogens with zero attached hydrogens (tertiary/aromatic N) is 2. The van der Waals surface area contributed by atoms with E-state index >= 15 is 0 Å². The first-order valence-electron chi connectivity index (χ1n) is 10.7. The van der Waals surface area contributed by atoms with Gasteiger partial charge in [0.15, 0.2) is 0 Å². The summed E-state index contributed by atoms with van der Waals surface area (Å²) < 4.78 is 5.99. The normalized spacial score (nSPS) is 16.8. The van der Waals surface area contributed by atoms with Crippen LogP contribution in [0.15, 0.2) is 18.2 Å². The maximum Gasteiger partial charge on any atom is 0.275 e. The number of aliphatic hydroxyl groups excluding tert-OH is 1. The highest BCUT2D eigenvalue weighted by Gasteiger charge is 2.22. The lowest BCUT2D eigenvalue weighted by Gasteiger charge is -2.31. The Bertz CT molecular complexity index is 686. The van der Waals surface area contributed by atoms with E-state index in [2.05, 4.69) is 0 Å². The third-order valence-corrected chi connectivity index (χ3v) is 5.84. The maximum absolute atomic E-state index is 12.5. The topological polar surface area (TPSA) is 92.9 Å². The fourth-order valence-electron chi connectivity index (χ4n) is 3.97. The number of carbonyl (C=O) groups is 1. The minimum absolute atomic E-state index is 0.0777. The van der Waals surface area contributed by atoms with E-state index in [1.807, 2.05) is 18.9 Å². The number of amides is 1. The smallest absolute Gasteiger partial charge is 0.275 e. The second kappa shape index (κ2) is 11.1. The largest absolute Gasteiger partial charge is 0.490 e. The molecule has 1 aromatic rings. The molecule has 1 fully saturated rings. The molecule has 2 atom stereocenters. The molecule has 1 amide bonds. The number of ether oxygens (including phenoxy) is 1. The van der Waals surface area contributed by atoms with Crippen molar-refractivity contribution >= 4 is 11.6 Å². The summed E-state index contributed by atoms with van der Waals surface area (Å²) in [5, 5.41) is 20.9. The molecule has 1 aliphatic rings. The summed E-state index contributed by atoms with van der Waals surface area (Å²) in [6.07, 6.45) is 7.62. The first-order chi connectivity index (χ1) is 13.8. The predicted molar refractivity (Wildman–Crippen MR) is 112 cm³/mol.